The molecule has 3 N–H and O–H groups in total. The van der Waals surface area contributed by atoms with Gasteiger partial charge in [0.1, 0.15) is 5.75 Å². The average Bonchev–Trinajstić information content (AvgIpc) is 2.36. The van der Waals surface area contributed by atoms with Crippen molar-refractivity contribution in [2.45, 2.75) is 18.9 Å². The Balaban J connectivity index is 2.71. The summed E-state index contributed by atoms with van der Waals surface area (Å²) < 4.78 is 10.3. The van der Waals surface area contributed by atoms with Crippen molar-refractivity contribution >= 4 is 5.69 Å². The van der Waals surface area contributed by atoms with Gasteiger partial charge in [-0.05, 0) is 25.5 Å². The van der Waals surface area contributed by atoms with Crippen molar-refractivity contribution in [1.29, 1.82) is 0 Å². The van der Waals surface area contributed by atoms with Gasteiger partial charge in [-0.3, -0.25) is 0 Å². The topological polar surface area (TPSA) is 56.5 Å². The van der Waals surface area contributed by atoms with E-state index < -0.39 is 0 Å². The highest BCUT2D eigenvalue weighted by molar-refractivity contribution is 5.50. The van der Waals surface area contributed by atoms with Gasteiger partial charge in [0.15, 0.2) is 0 Å². The minimum atomic E-state index is -0.164. The van der Waals surface area contributed by atoms with E-state index in [0.717, 1.165) is 17.9 Å². The monoisotopic (exact) mass is 238 g/mol. The second-order valence-electron chi connectivity index (χ2n) is 4.36. The first-order chi connectivity index (χ1) is 8.13. The number of methoxy groups -OCH3 is 2. The molecule has 1 atom stereocenters. The number of benzene rings is 1. The Hall–Kier alpha value is -1.26. The van der Waals surface area contributed by atoms with Crippen LogP contribution in [-0.2, 0) is 4.74 Å². The lowest BCUT2D eigenvalue weighted by Gasteiger charge is -2.30. The van der Waals surface area contributed by atoms with Crippen LogP contribution < -0.4 is 15.8 Å². The van der Waals surface area contributed by atoms with E-state index >= 15 is 0 Å². The summed E-state index contributed by atoms with van der Waals surface area (Å²) in [7, 11) is 3.36. The zero-order valence-electron chi connectivity index (χ0n) is 10.8. The molecule has 1 aromatic rings. The zero-order valence-corrected chi connectivity index (χ0v) is 10.8. The molecule has 0 aliphatic rings. The molecular formula is C13H22N2O2. The molecule has 1 unspecified atom stereocenters. The first-order valence-corrected chi connectivity index (χ1v) is 5.75. The van der Waals surface area contributed by atoms with Gasteiger partial charge in [-0.2, -0.15) is 0 Å². The third kappa shape index (κ3) is 4.24. The maximum absolute atomic E-state index is 5.82. The molecule has 0 bridgehead atoms. The molecule has 0 amide bonds. The third-order valence-corrected chi connectivity index (χ3v) is 2.82. The predicted octanol–water partition coefficient (Wildman–Crippen LogP) is 1.86. The highest BCUT2D eigenvalue weighted by atomic mass is 16.5. The van der Waals surface area contributed by atoms with Crippen molar-refractivity contribution in [3.05, 3.63) is 24.3 Å². The number of nitrogens with two attached hydrogens (primary N) is 1. The number of anilines is 1. The van der Waals surface area contributed by atoms with Crippen LogP contribution >= 0.6 is 0 Å². The molecule has 0 spiro atoms. The van der Waals surface area contributed by atoms with Crippen LogP contribution in [0.4, 0.5) is 5.69 Å². The number of rotatable bonds is 7. The van der Waals surface area contributed by atoms with E-state index in [0.29, 0.717) is 13.2 Å². The van der Waals surface area contributed by atoms with Crippen LogP contribution in [0.3, 0.4) is 0 Å². The standard InChI is InChI=1S/C13H22N2O2/c1-13(10-14,7-8-16-2)15-11-5-4-6-12(9-11)17-3/h4-6,9,15H,7-8,10,14H2,1-3H3. The fraction of sp³-hybridized carbons (Fsp3) is 0.538. The van der Waals surface area contributed by atoms with E-state index in [1.807, 2.05) is 24.3 Å². The van der Waals surface area contributed by atoms with Gasteiger partial charge in [-0.25, -0.2) is 0 Å². The second kappa shape index (κ2) is 6.47. The molecule has 0 aliphatic heterocycles. The van der Waals surface area contributed by atoms with E-state index in [1.54, 1.807) is 14.2 Å². The number of hydrogen-bond acceptors (Lipinski definition) is 4. The molecule has 0 saturated carbocycles. The average molecular weight is 238 g/mol. The minimum Gasteiger partial charge on any atom is -0.497 e. The summed E-state index contributed by atoms with van der Waals surface area (Å²) in [6.07, 6.45) is 0.858. The Morgan fingerprint density at radius 3 is 2.71 bits per heavy atom. The maximum Gasteiger partial charge on any atom is 0.120 e. The Labute approximate surface area is 103 Å². The van der Waals surface area contributed by atoms with Gasteiger partial charge in [-0.15, -0.1) is 0 Å². The van der Waals surface area contributed by atoms with Gasteiger partial charge in [0, 0.05) is 37.6 Å². The van der Waals surface area contributed by atoms with Crippen LogP contribution in [0.5, 0.6) is 5.75 Å². The summed E-state index contributed by atoms with van der Waals surface area (Å²) in [6.45, 7) is 3.32. The Morgan fingerprint density at radius 2 is 2.12 bits per heavy atom. The molecule has 17 heavy (non-hydrogen) atoms. The van der Waals surface area contributed by atoms with E-state index in [4.69, 9.17) is 15.2 Å². The van der Waals surface area contributed by atoms with Crippen LogP contribution in [-0.4, -0.2) is 32.9 Å². The first kappa shape index (κ1) is 13.8. The van der Waals surface area contributed by atoms with Gasteiger partial charge in [0.2, 0.25) is 0 Å². The molecule has 0 aromatic heterocycles. The van der Waals surface area contributed by atoms with Gasteiger partial charge in [0.05, 0.1) is 7.11 Å². The summed E-state index contributed by atoms with van der Waals surface area (Å²) in [6, 6.07) is 7.83. The van der Waals surface area contributed by atoms with E-state index in [1.165, 1.54) is 0 Å². The fourth-order valence-corrected chi connectivity index (χ4v) is 1.59. The maximum atomic E-state index is 5.82. The van der Waals surface area contributed by atoms with Crippen molar-refractivity contribution in [1.82, 2.24) is 0 Å². The Bertz CT molecular complexity index is 344. The molecule has 0 saturated heterocycles. The SMILES string of the molecule is COCCC(C)(CN)Nc1cccc(OC)c1. The molecule has 0 aliphatic carbocycles. The molecule has 1 aromatic carbocycles. The van der Waals surface area contributed by atoms with Crippen LogP contribution in [0.25, 0.3) is 0 Å². The van der Waals surface area contributed by atoms with Gasteiger partial charge in [0.25, 0.3) is 0 Å². The lowest BCUT2D eigenvalue weighted by molar-refractivity contribution is 0.177. The van der Waals surface area contributed by atoms with Crippen LogP contribution in [0, 0.1) is 0 Å². The number of ether oxygens (including phenoxy) is 2. The lowest BCUT2D eigenvalue weighted by Crippen LogP contribution is -2.43. The molecular weight excluding hydrogens is 216 g/mol. The van der Waals surface area contributed by atoms with E-state index in [2.05, 4.69) is 12.2 Å². The molecule has 0 radical (unpaired) electrons. The highest BCUT2D eigenvalue weighted by Crippen LogP contribution is 2.22. The Kier molecular flexibility index (Phi) is 5.25. The van der Waals surface area contributed by atoms with Gasteiger partial charge in [-0.1, -0.05) is 6.07 Å². The molecule has 96 valence electrons. The predicted molar refractivity (Wildman–Crippen MR) is 70.6 cm³/mol. The van der Waals surface area contributed by atoms with E-state index in [-0.39, 0.29) is 5.54 Å². The van der Waals surface area contributed by atoms with Crippen molar-refractivity contribution in [2.24, 2.45) is 5.73 Å². The normalized spacial score (nSPS) is 14.1. The van der Waals surface area contributed by atoms with Crippen LogP contribution in [0.15, 0.2) is 24.3 Å². The van der Waals surface area contributed by atoms with E-state index in [9.17, 15) is 0 Å². The highest BCUT2D eigenvalue weighted by Gasteiger charge is 2.21. The molecule has 4 heteroatoms. The smallest absolute Gasteiger partial charge is 0.120 e. The summed E-state index contributed by atoms with van der Waals surface area (Å²) >= 11 is 0. The molecule has 4 nitrogen and oxygen atoms in total. The summed E-state index contributed by atoms with van der Waals surface area (Å²) in [5.41, 5.74) is 6.66. The molecule has 1 rings (SSSR count). The van der Waals surface area contributed by atoms with Crippen molar-refractivity contribution < 1.29 is 9.47 Å². The van der Waals surface area contributed by atoms with Gasteiger partial charge >= 0.3 is 0 Å². The number of hydrogen-bond donors (Lipinski definition) is 2. The van der Waals surface area contributed by atoms with Crippen molar-refractivity contribution in [3.8, 4) is 5.75 Å². The molecule has 0 heterocycles. The lowest BCUT2D eigenvalue weighted by atomic mass is 9.98. The third-order valence-electron chi connectivity index (χ3n) is 2.82. The fourth-order valence-electron chi connectivity index (χ4n) is 1.59. The first-order valence-electron chi connectivity index (χ1n) is 5.75. The van der Waals surface area contributed by atoms with Crippen LogP contribution in [0.2, 0.25) is 0 Å². The minimum absolute atomic E-state index is 0.164. The van der Waals surface area contributed by atoms with Crippen molar-refractivity contribution in [2.75, 3.05) is 32.7 Å². The molecule has 0 fully saturated rings. The Morgan fingerprint density at radius 1 is 1.35 bits per heavy atom. The summed E-state index contributed by atoms with van der Waals surface area (Å²) in [5.74, 6) is 0.834. The van der Waals surface area contributed by atoms with Crippen molar-refractivity contribution in [3.63, 3.8) is 0 Å². The van der Waals surface area contributed by atoms with Gasteiger partial charge < -0.3 is 20.5 Å². The van der Waals surface area contributed by atoms with Crippen LogP contribution in [0.1, 0.15) is 13.3 Å². The number of nitrogens with one attached hydrogen (secondary N) is 1. The second-order valence-corrected chi connectivity index (χ2v) is 4.36. The summed E-state index contributed by atoms with van der Waals surface area (Å²) in [5, 5.41) is 3.43. The summed E-state index contributed by atoms with van der Waals surface area (Å²) in [4.78, 5) is 0. The quantitative estimate of drug-likeness (QED) is 0.761. The zero-order chi connectivity index (χ0) is 12.7. The largest absolute Gasteiger partial charge is 0.497 e.